The van der Waals surface area contributed by atoms with Gasteiger partial charge in [0.2, 0.25) is 0 Å². The fourth-order valence-corrected chi connectivity index (χ4v) is 1.60. The third-order valence-corrected chi connectivity index (χ3v) is 2.63. The highest BCUT2D eigenvalue weighted by molar-refractivity contribution is 5.94. The Morgan fingerprint density at radius 2 is 1.90 bits per heavy atom. The number of alkyl halides is 3. The van der Waals surface area contributed by atoms with E-state index in [0.29, 0.717) is 11.1 Å². The lowest BCUT2D eigenvalue weighted by atomic mass is 10.1. The highest BCUT2D eigenvalue weighted by Crippen LogP contribution is 2.30. The highest BCUT2D eigenvalue weighted by Gasteiger charge is 2.33. The minimum Gasteiger partial charge on any atom is -0.280 e. The van der Waals surface area contributed by atoms with E-state index < -0.39 is 17.8 Å². The summed E-state index contributed by atoms with van der Waals surface area (Å²) < 4.78 is 37.3. The molecule has 3 N–H and O–H groups in total. The van der Waals surface area contributed by atoms with Gasteiger partial charge in [-0.25, -0.2) is 5.84 Å². The van der Waals surface area contributed by atoms with Crippen LogP contribution in [-0.2, 0) is 6.18 Å². The molecule has 1 amide bonds. The molecule has 0 saturated carbocycles. The topological polar surface area (TPSA) is 75.0 Å². The number of carbonyl (C=O) groups excluding carboxylic acids is 1. The van der Waals surface area contributed by atoms with Gasteiger partial charge < -0.3 is 0 Å². The van der Waals surface area contributed by atoms with E-state index in [-0.39, 0.29) is 5.69 Å². The molecule has 5 nitrogen and oxygen atoms in total. The molecule has 0 saturated heterocycles. The number of H-pyrrole nitrogens is 1. The van der Waals surface area contributed by atoms with E-state index in [1.54, 1.807) is 0 Å². The second-order valence-electron chi connectivity index (χ2n) is 4.16. The predicted molar refractivity (Wildman–Crippen MR) is 65.3 cm³/mol. The van der Waals surface area contributed by atoms with E-state index in [1.165, 1.54) is 31.3 Å². The Balaban J connectivity index is 2.27. The molecule has 2 aromatic rings. The third-order valence-electron chi connectivity index (χ3n) is 2.63. The maximum absolute atomic E-state index is 12.4. The molecule has 0 aliphatic carbocycles. The molecule has 1 aromatic heterocycles. The van der Waals surface area contributed by atoms with Crippen molar-refractivity contribution in [1.82, 2.24) is 15.2 Å². The first kappa shape index (κ1) is 14.1. The van der Waals surface area contributed by atoms with Gasteiger partial charge in [-0.05, 0) is 18.2 Å². The van der Waals surface area contributed by atoms with Crippen LogP contribution < -0.4 is 5.84 Å². The molecule has 0 unspecified atom stereocenters. The second kappa shape index (κ2) is 4.97. The summed E-state index contributed by atoms with van der Waals surface area (Å²) in [5.74, 6) is 4.92. The maximum Gasteiger partial charge on any atom is 0.432 e. The summed E-state index contributed by atoms with van der Waals surface area (Å²) in [6.07, 6.45) is -4.47. The Kier molecular flexibility index (Phi) is 3.49. The molecule has 0 radical (unpaired) electrons. The Bertz CT molecular complexity index is 616. The zero-order valence-electron chi connectivity index (χ0n) is 10.4. The largest absolute Gasteiger partial charge is 0.432 e. The smallest absolute Gasteiger partial charge is 0.280 e. The Morgan fingerprint density at radius 1 is 1.30 bits per heavy atom. The minimum absolute atomic E-state index is 0.150. The SMILES string of the molecule is CN(N)C(=O)c1ccc(-c2cc(C(F)(F)F)[nH]n2)cc1. The Labute approximate surface area is 112 Å². The number of carbonyl (C=O) groups is 1. The summed E-state index contributed by atoms with van der Waals surface area (Å²) in [5, 5.41) is 6.45. The number of hydrogen-bond donors (Lipinski definition) is 2. The summed E-state index contributed by atoms with van der Waals surface area (Å²) in [6.45, 7) is 0. The molecule has 0 aliphatic heterocycles. The van der Waals surface area contributed by atoms with Crippen LogP contribution in [0.15, 0.2) is 30.3 Å². The number of nitrogens with one attached hydrogen (secondary N) is 1. The van der Waals surface area contributed by atoms with E-state index in [1.807, 2.05) is 5.10 Å². The quantitative estimate of drug-likeness (QED) is 0.503. The van der Waals surface area contributed by atoms with Crippen LogP contribution in [0.1, 0.15) is 16.1 Å². The van der Waals surface area contributed by atoms with Crippen molar-refractivity contribution < 1.29 is 18.0 Å². The second-order valence-corrected chi connectivity index (χ2v) is 4.16. The first-order valence-corrected chi connectivity index (χ1v) is 5.55. The van der Waals surface area contributed by atoms with E-state index in [9.17, 15) is 18.0 Å². The van der Waals surface area contributed by atoms with Crippen molar-refractivity contribution in [2.24, 2.45) is 5.84 Å². The van der Waals surface area contributed by atoms with Gasteiger partial charge in [0.05, 0.1) is 5.69 Å². The van der Waals surface area contributed by atoms with Crippen LogP contribution in [0.4, 0.5) is 13.2 Å². The number of halogens is 3. The molecular weight excluding hydrogens is 273 g/mol. The van der Waals surface area contributed by atoms with Gasteiger partial charge in [0.1, 0.15) is 5.69 Å². The average Bonchev–Trinajstić information content (AvgIpc) is 2.87. The number of nitrogens with two attached hydrogens (primary N) is 1. The van der Waals surface area contributed by atoms with E-state index >= 15 is 0 Å². The molecule has 8 heteroatoms. The number of aromatic amines is 1. The minimum atomic E-state index is -4.47. The Hall–Kier alpha value is -2.35. The molecule has 106 valence electrons. The number of amides is 1. The molecule has 0 aliphatic rings. The van der Waals surface area contributed by atoms with Crippen LogP contribution in [0, 0.1) is 0 Å². The molecule has 0 fully saturated rings. The van der Waals surface area contributed by atoms with Gasteiger partial charge in [-0.3, -0.25) is 14.9 Å². The molecule has 0 bridgehead atoms. The van der Waals surface area contributed by atoms with Crippen molar-refractivity contribution in [3.05, 3.63) is 41.6 Å². The lowest BCUT2D eigenvalue weighted by Crippen LogP contribution is -2.32. The van der Waals surface area contributed by atoms with Crippen LogP contribution in [0.2, 0.25) is 0 Å². The summed E-state index contributed by atoms with van der Waals surface area (Å²) in [7, 11) is 1.40. The van der Waals surface area contributed by atoms with Gasteiger partial charge in [-0.1, -0.05) is 12.1 Å². The number of hydrazine groups is 1. The van der Waals surface area contributed by atoms with E-state index in [2.05, 4.69) is 5.10 Å². The molecule has 0 spiro atoms. The maximum atomic E-state index is 12.4. The molecule has 2 rings (SSSR count). The van der Waals surface area contributed by atoms with Crippen molar-refractivity contribution in [2.45, 2.75) is 6.18 Å². The number of hydrogen-bond acceptors (Lipinski definition) is 3. The zero-order valence-corrected chi connectivity index (χ0v) is 10.4. The van der Waals surface area contributed by atoms with Crippen molar-refractivity contribution in [3.63, 3.8) is 0 Å². The summed E-state index contributed by atoms with van der Waals surface area (Å²) in [4.78, 5) is 11.6. The van der Waals surface area contributed by atoms with E-state index in [4.69, 9.17) is 5.84 Å². The lowest BCUT2D eigenvalue weighted by molar-refractivity contribution is -0.141. The fourth-order valence-electron chi connectivity index (χ4n) is 1.60. The molecule has 1 heterocycles. The van der Waals surface area contributed by atoms with E-state index in [0.717, 1.165) is 11.1 Å². The van der Waals surface area contributed by atoms with Crippen LogP contribution >= 0.6 is 0 Å². The molecular formula is C12H11F3N4O. The summed E-state index contributed by atoms with van der Waals surface area (Å²) in [6, 6.07) is 6.87. The monoisotopic (exact) mass is 284 g/mol. The van der Waals surface area contributed by atoms with Crippen molar-refractivity contribution >= 4 is 5.91 Å². The molecule has 20 heavy (non-hydrogen) atoms. The normalized spacial score (nSPS) is 11.4. The first-order chi connectivity index (χ1) is 9.29. The van der Waals surface area contributed by atoms with Crippen molar-refractivity contribution in [1.29, 1.82) is 0 Å². The van der Waals surface area contributed by atoms with Crippen LogP contribution in [0.3, 0.4) is 0 Å². The van der Waals surface area contributed by atoms with Crippen LogP contribution in [-0.4, -0.2) is 28.2 Å². The zero-order chi connectivity index (χ0) is 14.9. The number of nitrogens with zero attached hydrogens (tertiary/aromatic N) is 2. The van der Waals surface area contributed by atoms with Crippen molar-refractivity contribution in [2.75, 3.05) is 7.05 Å². The number of benzene rings is 1. The molecule has 0 atom stereocenters. The molecule has 1 aromatic carbocycles. The van der Waals surface area contributed by atoms with Gasteiger partial charge in [-0.15, -0.1) is 0 Å². The van der Waals surface area contributed by atoms with Gasteiger partial charge in [-0.2, -0.15) is 18.3 Å². The first-order valence-electron chi connectivity index (χ1n) is 5.55. The van der Waals surface area contributed by atoms with Crippen molar-refractivity contribution in [3.8, 4) is 11.3 Å². The number of rotatable bonds is 2. The van der Waals surface area contributed by atoms with Gasteiger partial charge in [0, 0.05) is 18.2 Å². The van der Waals surface area contributed by atoms with Crippen LogP contribution in [0.25, 0.3) is 11.3 Å². The number of aromatic nitrogens is 2. The Morgan fingerprint density at radius 3 is 2.35 bits per heavy atom. The predicted octanol–water partition coefficient (Wildman–Crippen LogP) is 2.04. The lowest BCUT2D eigenvalue weighted by Gasteiger charge is -2.09. The summed E-state index contributed by atoms with van der Waals surface area (Å²) >= 11 is 0. The van der Waals surface area contributed by atoms with Gasteiger partial charge in [0.15, 0.2) is 0 Å². The third kappa shape index (κ3) is 2.80. The van der Waals surface area contributed by atoms with Gasteiger partial charge in [0.25, 0.3) is 5.91 Å². The van der Waals surface area contributed by atoms with Crippen LogP contribution in [0.5, 0.6) is 0 Å². The fraction of sp³-hybridized carbons (Fsp3) is 0.167. The van der Waals surface area contributed by atoms with Gasteiger partial charge >= 0.3 is 6.18 Å². The highest BCUT2D eigenvalue weighted by atomic mass is 19.4. The standard InChI is InChI=1S/C12H11F3N4O/c1-19(16)11(20)8-4-2-7(3-5-8)9-6-10(18-17-9)12(13,14)15/h2-6H,16H2,1H3,(H,17,18). The average molecular weight is 284 g/mol. The summed E-state index contributed by atoms with van der Waals surface area (Å²) in [5.41, 5.74) is 0.0325.